The zero-order chi connectivity index (χ0) is 22.9. The second-order valence-corrected chi connectivity index (χ2v) is 8.59. The molecule has 3 aromatic rings. The van der Waals surface area contributed by atoms with Gasteiger partial charge in [-0.2, -0.15) is 0 Å². The molecule has 1 unspecified atom stereocenters. The Balaban J connectivity index is 1.37. The van der Waals surface area contributed by atoms with Gasteiger partial charge < -0.3 is 14.7 Å². The fourth-order valence-corrected chi connectivity index (χ4v) is 4.86. The van der Waals surface area contributed by atoms with E-state index in [9.17, 15) is 14.7 Å². The van der Waals surface area contributed by atoms with Gasteiger partial charge in [0.1, 0.15) is 6.61 Å². The van der Waals surface area contributed by atoms with E-state index in [0.717, 1.165) is 0 Å². The van der Waals surface area contributed by atoms with Crippen LogP contribution in [0, 0.1) is 0 Å². The van der Waals surface area contributed by atoms with Crippen LogP contribution in [0.2, 0.25) is 0 Å². The van der Waals surface area contributed by atoms with Gasteiger partial charge in [-0.15, -0.1) is 0 Å². The first kappa shape index (κ1) is 21.2. The van der Waals surface area contributed by atoms with Crippen LogP contribution in [-0.4, -0.2) is 65.2 Å². The molecule has 1 amide bonds. The number of piperazine rings is 1. The van der Waals surface area contributed by atoms with Crippen molar-refractivity contribution >= 4 is 12.1 Å². The molecule has 1 N–H and O–H groups in total. The number of nitrogens with zero attached hydrogens (tertiary/aromatic N) is 3. The molecule has 0 saturated carbocycles. The summed E-state index contributed by atoms with van der Waals surface area (Å²) in [6.45, 7) is 2.04. The molecule has 1 aromatic heterocycles. The molecule has 1 atom stereocenters. The lowest BCUT2D eigenvalue weighted by atomic mass is 9.98. The first-order chi connectivity index (χ1) is 16.0. The summed E-state index contributed by atoms with van der Waals surface area (Å²) in [6, 6.07) is 17.7. The van der Waals surface area contributed by atoms with Crippen molar-refractivity contribution in [2.45, 2.75) is 12.0 Å². The van der Waals surface area contributed by atoms with Gasteiger partial charge in [-0.25, -0.2) is 9.59 Å². The molecule has 2 aliphatic rings. The second kappa shape index (κ2) is 8.67. The maximum Gasteiger partial charge on any atom is 0.410 e. The number of carboxylic acids is 1. The Morgan fingerprint density at radius 1 is 1.03 bits per heavy atom. The van der Waals surface area contributed by atoms with Crippen LogP contribution >= 0.6 is 0 Å². The third-order valence-electron chi connectivity index (χ3n) is 6.55. The van der Waals surface area contributed by atoms with Crippen molar-refractivity contribution in [2.24, 2.45) is 0 Å². The predicted molar refractivity (Wildman–Crippen MR) is 123 cm³/mol. The second-order valence-electron chi connectivity index (χ2n) is 8.59. The Labute approximate surface area is 192 Å². The number of fused-ring (bicyclic) bond motifs is 3. The third-order valence-corrected chi connectivity index (χ3v) is 6.55. The first-order valence-electron chi connectivity index (χ1n) is 11.0. The minimum absolute atomic E-state index is 0.00994. The topological polar surface area (TPSA) is 83.0 Å². The van der Waals surface area contributed by atoms with Gasteiger partial charge in [0.2, 0.25) is 0 Å². The van der Waals surface area contributed by atoms with E-state index < -0.39 is 12.1 Å². The fraction of sp³-hybridized carbons (Fsp3) is 0.269. The number of pyridine rings is 1. The van der Waals surface area contributed by atoms with Gasteiger partial charge in [-0.05, 0) is 40.9 Å². The van der Waals surface area contributed by atoms with Crippen molar-refractivity contribution in [3.05, 3.63) is 89.2 Å². The minimum Gasteiger partial charge on any atom is -0.478 e. The molecule has 5 rings (SSSR count). The van der Waals surface area contributed by atoms with E-state index in [1.54, 1.807) is 17.2 Å². The molecule has 1 saturated heterocycles. The minimum atomic E-state index is -1.04. The van der Waals surface area contributed by atoms with Crippen molar-refractivity contribution in [1.82, 2.24) is 14.8 Å². The number of ether oxygens (including phenoxy) is 1. The molecule has 2 heterocycles. The Morgan fingerprint density at radius 3 is 2.36 bits per heavy atom. The van der Waals surface area contributed by atoms with Gasteiger partial charge in [0.05, 0.1) is 11.6 Å². The van der Waals surface area contributed by atoms with E-state index in [1.165, 1.54) is 28.5 Å². The lowest BCUT2D eigenvalue weighted by Crippen LogP contribution is -2.49. The van der Waals surface area contributed by atoms with Crippen molar-refractivity contribution in [2.75, 3.05) is 33.3 Å². The molecule has 168 valence electrons. The normalized spacial score (nSPS) is 18.0. The number of likely N-dealkylation sites (N-methyl/N-ethyl adjacent to an activating group) is 1. The van der Waals surface area contributed by atoms with E-state index in [0.29, 0.717) is 25.2 Å². The number of aromatic nitrogens is 1. The number of aromatic carboxylic acids is 1. The van der Waals surface area contributed by atoms with E-state index in [4.69, 9.17) is 4.74 Å². The van der Waals surface area contributed by atoms with E-state index in [-0.39, 0.29) is 24.1 Å². The highest BCUT2D eigenvalue weighted by Crippen LogP contribution is 2.44. The fourth-order valence-electron chi connectivity index (χ4n) is 4.86. The quantitative estimate of drug-likeness (QED) is 0.656. The Morgan fingerprint density at radius 2 is 1.70 bits per heavy atom. The van der Waals surface area contributed by atoms with Crippen LogP contribution in [0.25, 0.3) is 11.1 Å². The van der Waals surface area contributed by atoms with Crippen LogP contribution in [0.4, 0.5) is 4.79 Å². The lowest BCUT2D eigenvalue weighted by Gasteiger charge is -2.39. The van der Waals surface area contributed by atoms with Crippen molar-refractivity contribution in [1.29, 1.82) is 0 Å². The number of carbonyl (C=O) groups is 2. The summed E-state index contributed by atoms with van der Waals surface area (Å²) >= 11 is 0. The summed E-state index contributed by atoms with van der Waals surface area (Å²) in [5.41, 5.74) is 5.49. The van der Waals surface area contributed by atoms with Crippen LogP contribution < -0.4 is 0 Å². The molecule has 33 heavy (non-hydrogen) atoms. The van der Waals surface area contributed by atoms with Gasteiger partial charge in [0, 0.05) is 37.9 Å². The summed E-state index contributed by atoms with van der Waals surface area (Å²) < 4.78 is 5.88. The molecule has 7 nitrogen and oxygen atoms in total. The summed E-state index contributed by atoms with van der Waals surface area (Å²) in [4.78, 5) is 32.5. The maximum absolute atomic E-state index is 13.2. The number of carboxylic acid groups (broad SMARTS) is 1. The number of hydrogen-bond donors (Lipinski definition) is 1. The molecular formula is C26H25N3O4. The van der Waals surface area contributed by atoms with Crippen LogP contribution in [0.3, 0.4) is 0 Å². The SMILES string of the molecule is CN1CCN(C(=O)OCC2c3ccccc3-c3ccccc32)C(c2cncc(C(=O)O)c2)C1. The Hall–Kier alpha value is -3.71. The largest absolute Gasteiger partial charge is 0.478 e. The lowest BCUT2D eigenvalue weighted by molar-refractivity contribution is 0.0516. The molecule has 1 aliphatic heterocycles. The summed E-state index contributed by atoms with van der Waals surface area (Å²) in [5.74, 6) is -1.05. The average molecular weight is 444 g/mol. The molecule has 0 bridgehead atoms. The highest BCUT2D eigenvalue weighted by Gasteiger charge is 2.34. The monoisotopic (exact) mass is 443 g/mol. The maximum atomic E-state index is 13.2. The van der Waals surface area contributed by atoms with Gasteiger partial charge >= 0.3 is 12.1 Å². The Bertz CT molecular complexity index is 1170. The standard InChI is InChI=1S/C26H25N3O4/c1-28-10-11-29(24(15-28)17-12-18(25(30)31)14-27-13-17)26(32)33-16-23-21-8-4-2-6-19(21)20-7-3-5-9-22(20)23/h2-9,12-14,23-24H,10-11,15-16H2,1H3,(H,30,31). The highest BCUT2D eigenvalue weighted by atomic mass is 16.6. The molecule has 0 radical (unpaired) electrons. The smallest absolute Gasteiger partial charge is 0.410 e. The average Bonchev–Trinajstić information content (AvgIpc) is 3.16. The number of hydrogen-bond acceptors (Lipinski definition) is 5. The van der Waals surface area contributed by atoms with Crippen LogP contribution in [-0.2, 0) is 4.74 Å². The summed E-state index contributed by atoms with van der Waals surface area (Å²) in [7, 11) is 1.98. The molecular weight excluding hydrogens is 418 g/mol. The number of amides is 1. The summed E-state index contributed by atoms with van der Waals surface area (Å²) in [5, 5.41) is 9.34. The Kier molecular flexibility index (Phi) is 5.56. The van der Waals surface area contributed by atoms with Gasteiger partial charge in [-0.1, -0.05) is 48.5 Å². The molecule has 1 aliphatic carbocycles. The predicted octanol–water partition coefficient (Wildman–Crippen LogP) is 4.02. The van der Waals surface area contributed by atoms with Gasteiger partial charge in [-0.3, -0.25) is 9.88 Å². The molecule has 1 fully saturated rings. The van der Waals surface area contributed by atoms with Crippen molar-refractivity contribution < 1.29 is 19.4 Å². The third kappa shape index (κ3) is 3.96. The van der Waals surface area contributed by atoms with Crippen LogP contribution in [0.5, 0.6) is 0 Å². The zero-order valence-corrected chi connectivity index (χ0v) is 18.3. The van der Waals surface area contributed by atoms with Crippen LogP contribution in [0.15, 0.2) is 67.0 Å². The molecule has 7 heteroatoms. The van der Waals surface area contributed by atoms with E-state index >= 15 is 0 Å². The highest BCUT2D eigenvalue weighted by molar-refractivity contribution is 5.87. The number of benzene rings is 2. The molecule has 0 spiro atoms. The zero-order valence-electron chi connectivity index (χ0n) is 18.3. The summed E-state index contributed by atoms with van der Waals surface area (Å²) in [6.07, 6.45) is 2.55. The van der Waals surface area contributed by atoms with Crippen molar-refractivity contribution in [3.8, 4) is 11.1 Å². The van der Waals surface area contributed by atoms with Gasteiger partial charge in [0.25, 0.3) is 0 Å². The van der Waals surface area contributed by atoms with Crippen LogP contribution in [0.1, 0.15) is 39.0 Å². The van der Waals surface area contributed by atoms with E-state index in [2.05, 4.69) is 34.1 Å². The van der Waals surface area contributed by atoms with Gasteiger partial charge in [0.15, 0.2) is 0 Å². The number of carbonyl (C=O) groups excluding carboxylic acids is 1. The molecule has 2 aromatic carbocycles. The van der Waals surface area contributed by atoms with E-state index in [1.807, 2.05) is 31.3 Å². The van der Waals surface area contributed by atoms with Crippen molar-refractivity contribution in [3.63, 3.8) is 0 Å². The first-order valence-corrected chi connectivity index (χ1v) is 11.0. The number of rotatable bonds is 4.